The third kappa shape index (κ3) is 3.71. The lowest BCUT2D eigenvalue weighted by molar-refractivity contribution is 0.465. The van der Waals surface area contributed by atoms with Gasteiger partial charge in [-0.2, -0.15) is 5.26 Å². The van der Waals surface area contributed by atoms with Crippen LogP contribution >= 0.6 is 11.6 Å². The topological polar surface area (TPSA) is 74.9 Å². The van der Waals surface area contributed by atoms with Crippen molar-refractivity contribution in [2.45, 2.75) is 18.9 Å². The highest BCUT2D eigenvalue weighted by Gasteiger charge is 2.32. The second kappa shape index (κ2) is 7.59. The number of rotatable bonds is 5. The van der Waals surface area contributed by atoms with Gasteiger partial charge in [0, 0.05) is 22.5 Å². The van der Waals surface area contributed by atoms with Crippen molar-refractivity contribution in [2.24, 2.45) is 0 Å². The van der Waals surface area contributed by atoms with E-state index >= 15 is 0 Å². The lowest BCUT2D eigenvalue weighted by Crippen LogP contribution is -2.32. The van der Waals surface area contributed by atoms with Crippen LogP contribution in [0.25, 0.3) is 10.9 Å². The number of halogens is 1. The average molecular weight is 412 g/mol. The molecule has 0 spiro atoms. The number of sulfonamides is 1. The molecule has 2 aromatic carbocycles. The number of nitriles is 1. The fraction of sp³-hybridized carbons (Fsp3) is 0.190. The Morgan fingerprint density at radius 3 is 2.50 bits per heavy atom. The van der Waals surface area contributed by atoms with Crippen molar-refractivity contribution in [1.29, 1.82) is 5.26 Å². The van der Waals surface area contributed by atoms with Gasteiger partial charge in [-0.25, -0.2) is 8.42 Å². The molecule has 1 N–H and O–H groups in total. The van der Waals surface area contributed by atoms with Gasteiger partial charge in [0.25, 0.3) is 0 Å². The molecule has 0 aliphatic heterocycles. The van der Waals surface area contributed by atoms with Crippen molar-refractivity contribution in [2.75, 3.05) is 11.0 Å². The molecule has 3 rings (SSSR count). The monoisotopic (exact) mass is 411 g/mol. The summed E-state index contributed by atoms with van der Waals surface area (Å²) in [6.45, 7) is 1.99. The number of benzene rings is 2. The van der Waals surface area contributed by atoms with Crippen LogP contribution in [0.5, 0.6) is 0 Å². The van der Waals surface area contributed by atoms with Gasteiger partial charge in [0.15, 0.2) is 6.07 Å². The van der Waals surface area contributed by atoms with Gasteiger partial charge in [-0.15, -0.1) is 0 Å². The summed E-state index contributed by atoms with van der Waals surface area (Å²) in [7, 11) is -3.42. The van der Waals surface area contributed by atoms with Gasteiger partial charge in [-0.05, 0) is 42.3 Å². The zero-order chi connectivity index (χ0) is 20.4. The molecular weight excluding hydrogens is 394 g/mol. The number of hydrogen-bond acceptors (Lipinski definition) is 3. The number of fused-ring (bicyclic) bond motifs is 1. The molecule has 0 radical (unpaired) electrons. The summed E-state index contributed by atoms with van der Waals surface area (Å²) in [4.78, 5) is 0. The second-order valence-corrected chi connectivity index (χ2v) is 8.57. The highest BCUT2D eigenvalue weighted by molar-refractivity contribution is 7.92. The van der Waals surface area contributed by atoms with E-state index in [1.54, 1.807) is 24.3 Å². The predicted molar refractivity (Wildman–Crippen MR) is 113 cm³/mol. The van der Waals surface area contributed by atoms with Crippen LogP contribution in [0.15, 0.2) is 54.7 Å². The predicted octanol–water partition coefficient (Wildman–Crippen LogP) is 4.35. The van der Waals surface area contributed by atoms with Gasteiger partial charge in [0.05, 0.1) is 17.5 Å². The fourth-order valence-corrected chi connectivity index (χ4v) is 4.08. The summed E-state index contributed by atoms with van der Waals surface area (Å²) in [5.41, 5.74) is 1.39. The molecule has 0 amide bonds. The van der Waals surface area contributed by atoms with E-state index in [0.717, 1.165) is 22.7 Å². The largest absolute Gasteiger partial charge is 0.326 e. The molecule has 0 fully saturated rings. The number of anilines is 1. The maximum Gasteiger partial charge on any atom is 0.229 e. The van der Waals surface area contributed by atoms with Crippen LogP contribution in [0.2, 0.25) is 5.02 Å². The van der Waals surface area contributed by atoms with Crippen LogP contribution in [-0.2, 0) is 15.6 Å². The van der Waals surface area contributed by atoms with E-state index in [2.05, 4.69) is 16.6 Å². The van der Waals surface area contributed by atoms with E-state index in [1.807, 2.05) is 48.0 Å². The minimum Gasteiger partial charge on any atom is -0.326 e. The minimum atomic E-state index is -3.42. The van der Waals surface area contributed by atoms with Gasteiger partial charge in [0.1, 0.15) is 5.54 Å². The van der Waals surface area contributed by atoms with Crippen molar-refractivity contribution in [3.05, 3.63) is 65.3 Å². The first kappa shape index (κ1) is 19.8. The number of nitrogens with one attached hydrogen (secondary N) is 1. The molecule has 0 bridgehead atoms. The third-order valence-electron chi connectivity index (χ3n) is 4.60. The number of nitrogens with zero attached hydrogens (tertiary/aromatic N) is 2. The van der Waals surface area contributed by atoms with Crippen LogP contribution < -0.4 is 4.72 Å². The smallest absolute Gasteiger partial charge is 0.229 e. The van der Waals surface area contributed by atoms with Crippen LogP contribution in [0.3, 0.4) is 0 Å². The van der Waals surface area contributed by atoms with Gasteiger partial charge < -0.3 is 4.57 Å². The Morgan fingerprint density at radius 2 is 1.89 bits per heavy atom. The summed E-state index contributed by atoms with van der Waals surface area (Å²) in [6.07, 6.45) is 3.57. The van der Waals surface area contributed by atoms with E-state index in [4.69, 9.17) is 16.9 Å². The third-order valence-corrected chi connectivity index (χ3v) is 5.44. The number of hydrogen-bond donors (Lipinski definition) is 1. The molecule has 28 heavy (non-hydrogen) atoms. The molecule has 1 aromatic heterocycles. The zero-order valence-electron chi connectivity index (χ0n) is 15.4. The summed E-state index contributed by atoms with van der Waals surface area (Å²) in [5.74, 6) is 5.65. The molecule has 0 saturated heterocycles. The summed E-state index contributed by atoms with van der Waals surface area (Å²) in [6, 6.07) is 16.5. The molecule has 1 heterocycles. The molecule has 3 aromatic rings. The Balaban J connectivity index is 2.30. The van der Waals surface area contributed by atoms with Crippen LogP contribution in [-0.4, -0.2) is 19.2 Å². The van der Waals surface area contributed by atoms with Crippen LogP contribution in [0.1, 0.15) is 18.9 Å². The van der Waals surface area contributed by atoms with Gasteiger partial charge >= 0.3 is 0 Å². The Labute approximate surface area is 169 Å². The van der Waals surface area contributed by atoms with E-state index < -0.39 is 15.6 Å². The SMILES string of the molecule is CCC(C#CC#N)(c1ccc(Cl)cc1)n1ccc2c(NS(C)(=O)=O)cccc21. The molecule has 1 unspecified atom stereocenters. The molecule has 7 heteroatoms. The second-order valence-electron chi connectivity index (χ2n) is 6.38. The van der Waals surface area contributed by atoms with Crippen LogP contribution in [0, 0.1) is 23.2 Å². The lowest BCUT2D eigenvalue weighted by atomic mass is 9.87. The Hall–Kier alpha value is -2.93. The number of aromatic nitrogens is 1. The lowest BCUT2D eigenvalue weighted by Gasteiger charge is -2.31. The van der Waals surface area contributed by atoms with Gasteiger partial charge in [-0.3, -0.25) is 4.72 Å². The molecule has 0 aliphatic rings. The van der Waals surface area contributed by atoms with Crippen molar-refractivity contribution >= 4 is 38.2 Å². The highest BCUT2D eigenvalue weighted by Crippen LogP contribution is 2.36. The molecule has 142 valence electrons. The van der Waals surface area contributed by atoms with Crippen molar-refractivity contribution in [1.82, 2.24) is 4.57 Å². The normalized spacial score (nSPS) is 13.2. The first-order chi connectivity index (χ1) is 13.3. The van der Waals surface area contributed by atoms with Crippen molar-refractivity contribution in [3.63, 3.8) is 0 Å². The zero-order valence-corrected chi connectivity index (χ0v) is 17.0. The molecular formula is C21H18ClN3O2S. The van der Waals surface area contributed by atoms with E-state index in [-0.39, 0.29) is 0 Å². The fourth-order valence-electron chi connectivity index (χ4n) is 3.38. The maximum absolute atomic E-state index is 11.7. The highest BCUT2D eigenvalue weighted by atomic mass is 35.5. The molecule has 0 saturated carbocycles. The van der Waals surface area contributed by atoms with Crippen molar-refractivity contribution in [3.8, 4) is 17.9 Å². The van der Waals surface area contributed by atoms with Gasteiger partial charge in [-0.1, -0.05) is 42.6 Å². The first-order valence-electron chi connectivity index (χ1n) is 8.56. The quantitative estimate of drug-likeness (QED) is 0.634. The Bertz CT molecular complexity index is 1230. The Kier molecular flexibility index (Phi) is 5.38. The van der Waals surface area contributed by atoms with E-state index in [9.17, 15) is 8.42 Å². The van der Waals surface area contributed by atoms with E-state index in [0.29, 0.717) is 17.1 Å². The summed E-state index contributed by atoms with van der Waals surface area (Å²) >= 11 is 6.05. The minimum absolute atomic E-state index is 0.494. The summed E-state index contributed by atoms with van der Waals surface area (Å²) < 4.78 is 27.9. The molecule has 0 aliphatic carbocycles. The molecule has 1 atom stereocenters. The summed E-state index contributed by atoms with van der Waals surface area (Å²) in [5, 5.41) is 10.4. The average Bonchev–Trinajstić information content (AvgIpc) is 3.09. The first-order valence-corrected chi connectivity index (χ1v) is 10.8. The Morgan fingerprint density at radius 1 is 1.18 bits per heavy atom. The van der Waals surface area contributed by atoms with E-state index in [1.165, 1.54) is 0 Å². The standard InChI is InChI=1S/C21H18ClN3O2S/c1-3-21(13-5-14-23,16-8-10-17(22)11-9-16)25-15-12-18-19(24-28(2,26)27)6-4-7-20(18)25/h4,6-12,15,24H,3H2,1-2H3. The van der Waals surface area contributed by atoms with Gasteiger partial charge in [0.2, 0.25) is 10.0 Å². The van der Waals surface area contributed by atoms with Crippen LogP contribution in [0.4, 0.5) is 5.69 Å². The maximum atomic E-state index is 11.7. The molecule has 5 nitrogen and oxygen atoms in total. The van der Waals surface area contributed by atoms with Crippen molar-refractivity contribution < 1.29 is 8.42 Å².